The van der Waals surface area contributed by atoms with Crippen molar-refractivity contribution in [2.45, 2.75) is 124 Å². The van der Waals surface area contributed by atoms with Crippen LogP contribution in [0.2, 0.25) is 0 Å². The van der Waals surface area contributed by atoms with E-state index in [0.717, 1.165) is 54.2 Å². The minimum Gasteiger partial charge on any atom is -0.494 e. The highest BCUT2D eigenvalue weighted by molar-refractivity contribution is 5.70. The summed E-state index contributed by atoms with van der Waals surface area (Å²) in [7, 11) is 0. The van der Waals surface area contributed by atoms with Crippen molar-refractivity contribution in [3.8, 4) is 16.9 Å². The van der Waals surface area contributed by atoms with E-state index in [2.05, 4.69) is 57.2 Å². The second-order valence-electron chi connectivity index (χ2n) is 10.7. The van der Waals surface area contributed by atoms with E-state index >= 15 is 0 Å². The molecule has 3 nitrogen and oxygen atoms in total. The fourth-order valence-electron chi connectivity index (χ4n) is 4.74. The second kappa shape index (κ2) is 18.9. The van der Waals surface area contributed by atoms with E-state index in [0.29, 0.717) is 6.42 Å². The fraction of sp³-hybridized carbons (Fsp3) is 0.618. The largest absolute Gasteiger partial charge is 0.494 e. The zero-order valence-corrected chi connectivity index (χ0v) is 24.1. The molecule has 3 heteroatoms. The minimum absolute atomic E-state index is 0.0893. The van der Waals surface area contributed by atoms with Crippen LogP contribution in [0.4, 0.5) is 0 Å². The van der Waals surface area contributed by atoms with E-state index in [9.17, 15) is 4.79 Å². The molecule has 0 aromatic heterocycles. The van der Waals surface area contributed by atoms with Crippen molar-refractivity contribution in [2.24, 2.45) is 5.92 Å². The number of ether oxygens (including phenoxy) is 2. The van der Waals surface area contributed by atoms with Gasteiger partial charge in [0.15, 0.2) is 0 Å². The van der Waals surface area contributed by atoms with Crippen molar-refractivity contribution in [3.63, 3.8) is 0 Å². The molecule has 0 spiro atoms. The van der Waals surface area contributed by atoms with Crippen LogP contribution in [-0.4, -0.2) is 12.6 Å². The van der Waals surface area contributed by atoms with Gasteiger partial charge in [-0.15, -0.1) is 0 Å². The van der Waals surface area contributed by atoms with Gasteiger partial charge in [-0.3, -0.25) is 4.79 Å². The quantitative estimate of drug-likeness (QED) is 0.132. The van der Waals surface area contributed by atoms with Gasteiger partial charge in [0.1, 0.15) is 11.9 Å². The molecule has 206 valence electrons. The van der Waals surface area contributed by atoms with E-state index in [4.69, 9.17) is 9.47 Å². The van der Waals surface area contributed by atoms with Crippen molar-refractivity contribution in [2.75, 3.05) is 6.61 Å². The summed E-state index contributed by atoms with van der Waals surface area (Å²) >= 11 is 0. The zero-order valence-electron chi connectivity index (χ0n) is 24.1. The van der Waals surface area contributed by atoms with E-state index < -0.39 is 0 Å². The number of hydrogen-bond acceptors (Lipinski definition) is 3. The van der Waals surface area contributed by atoms with Gasteiger partial charge in [0, 0.05) is 6.42 Å². The lowest BCUT2D eigenvalue weighted by Crippen LogP contribution is -2.08. The molecule has 0 radical (unpaired) electrons. The Kier molecular flexibility index (Phi) is 15.8. The molecule has 0 N–H and O–H groups in total. The molecule has 0 saturated carbocycles. The average Bonchev–Trinajstić information content (AvgIpc) is 2.91. The first-order valence-corrected chi connectivity index (χ1v) is 15.1. The number of carbonyl (C=O) groups is 1. The summed E-state index contributed by atoms with van der Waals surface area (Å²) in [6.45, 7) is 9.59. The van der Waals surface area contributed by atoms with Gasteiger partial charge in [0.25, 0.3) is 0 Å². The Morgan fingerprint density at radius 2 is 1.22 bits per heavy atom. The van der Waals surface area contributed by atoms with Crippen LogP contribution in [0, 0.1) is 5.92 Å². The van der Waals surface area contributed by atoms with Gasteiger partial charge in [-0.05, 0) is 54.5 Å². The van der Waals surface area contributed by atoms with Crippen molar-refractivity contribution in [3.05, 3.63) is 54.1 Å². The molecule has 2 atom stereocenters. The number of unbranched alkanes of at least 4 members (excludes halogenated alkanes) is 8. The molecule has 0 bridgehead atoms. The SMILES string of the molecule is CCCCCCCOc1ccc(-c2ccc(C(C)OC(=O)CCCCCC(C)CCCCC)cc2)cc1. The summed E-state index contributed by atoms with van der Waals surface area (Å²) in [4.78, 5) is 12.3. The first-order valence-electron chi connectivity index (χ1n) is 15.1. The Labute approximate surface area is 227 Å². The molecule has 0 amide bonds. The summed E-state index contributed by atoms with van der Waals surface area (Å²) in [5.41, 5.74) is 3.34. The van der Waals surface area contributed by atoms with Crippen molar-refractivity contribution in [1.29, 1.82) is 0 Å². The lowest BCUT2D eigenvalue weighted by molar-refractivity contribution is -0.148. The number of hydrogen-bond donors (Lipinski definition) is 0. The summed E-state index contributed by atoms with van der Waals surface area (Å²) in [6.07, 6.45) is 16.4. The zero-order chi connectivity index (χ0) is 26.7. The Hall–Kier alpha value is -2.29. The Bertz CT molecular complexity index is 840. The summed E-state index contributed by atoms with van der Waals surface area (Å²) in [5.74, 6) is 1.64. The standard InChI is InChI=1S/C34H52O3/c1-5-7-9-10-15-27-36-33-25-23-32(24-26-33)31-21-19-30(20-22-31)29(4)37-34(35)18-14-11-13-17-28(3)16-12-8-6-2/h19-26,28-29H,5-18,27H2,1-4H3. The maximum absolute atomic E-state index is 12.3. The second-order valence-corrected chi connectivity index (χ2v) is 10.7. The first kappa shape index (κ1) is 30.9. The fourth-order valence-corrected chi connectivity index (χ4v) is 4.74. The third-order valence-corrected chi connectivity index (χ3v) is 7.27. The lowest BCUT2D eigenvalue weighted by Gasteiger charge is -2.15. The maximum atomic E-state index is 12.3. The van der Waals surface area contributed by atoms with Crippen molar-refractivity contribution >= 4 is 5.97 Å². The smallest absolute Gasteiger partial charge is 0.306 e. The molecule has 2 rings (SSSR count). The van der Waals surface area contributed by atoms with Crippen LogP contribution in [0.5, 0.6) is 5.75 Å². The topological polar surface area (TPSA) is 35.5 Å². The molecular formula is C34H52O3. The molecular weight excluding hydrogens is 456 g/mol. The molecule has 0 aliphatic heterocycles. The maximum Gasteiger partial charge on any atom is 0.306 e. The highest BCUT2D eigenvalue weighted by atomic mass is 16.5. The van der Waals surface area contributed by atoms with Gasteiger partial charge in [-0.2, -0.15) is 0 Å². The van der Waals surface area contributed by atoms with Crippen molar-refractivity contribution < 1.29 is 14.3 Å². The Balaban J connectivity index is 1.67. The average molecular weight is 509 g/mol. The molecule has 0 aliphatic rings. The highest BCUT2D eigenvalue weighted by Crippen LogP contribution is 2.26. The number of rotatable bonds is 20. The van der Waals surface area contributed by atoms with Crippen LogP contribution in [0.25, 0.3) is 11.1 Å². The summed E-state index contributed by atoms with van der Waals surface area (Å²) in [6, 6.07) is 16.6. The van der Waals surface area contributed by atoms with E-state index in [1.807, 2.05) is 19.1 Å². The van der Waals surface area contributed by atoms with Crippen LogP contribution < -0.4 is 4.74 Å². The van der Waals surface area contributed by atoms with Crippen LogP contribution in [0.1, 0.15) is 129 Å². The van der Waals surface area contributed by atoms with Crippen LogP contribution in [-0.2, 0) is 9.53 Å². The van der Waals surface area contributed by atoms with Crippen LogP contribution in [0.3, 0.4) is 0 Å². The van der Waals surface area contributed by atoms with Gasteiger partial charge in [0.05, 0.1) is 6.61 Å². The van der Waals surface area contributed by atoms with Crippen LogP contribution in [0.15, 0.2) is 48.5 Å². The first-order chi connectivity index (χ1) is 18.0. The minimum atomic E-state index is -0.228. The van der Waals surface area contributed by atoms with Gasteiger partial charge < -0.3 is 9.47 Å². The molecule has 0 saturated heterocycles. The van der Waals surface area contributed by atoms with E-state index in [-0.39, 0.29) is 12.1 Å². The molecule has 0 heterocycles. The van der Waals surface area contributed by atoms with E-state index in [1.54, 1.807) is 0 Å². The van der Waals surface area contributed by atoms with Gasteiger partial charge in [-0.25, -0.2) is 0 Å². The van der Waals surface area contributed by atoms with Gasteiger partial charge >= 0.3 is 5.97 Å². The third-order valence-electron chi connectivity index (χ3n) is 7.27. The number of benzene rings is 2. The molecule has 2 aromatic rings. The van der Waals surface area contributed by atoms with Crippen LogP contribution >= 0.6 is 0 Å². The molecule has 2 aromatic carbocycles. The molecule has 0 aliphatic carbocycles. The normalized spacial score (nSPS) is 12.8. The Morgan fingerprint density at radius 1 is 0.676 bits per heavy atom. The third kappa shape index (κ3) is 13.2. The van der Waals surface area contributed by atoms with Gasteiger partial charge in [0.2, 0.25) is 0 Å². The summed E-state index contributed by atoms with van der Waals surface area (Å²) < 4.78 is 11.6. The Morgan fingerprint density at radius 3 is 1.86 bits per heavy atom. The van der Waals surface area contributed by atoms with E-state index in [1.165, 1.54) is 64.2 Å². The molecule has 0 fully saturated rings. The summed E-state index contributed by atoms with van der Waals surface area (Å²) in [5, 5.41) is 0. The monoisotopic (exact) mass is 508 g/mol. The lowest BCUT2D eigenvalue weighted by atomic mass is 9.97. The predicted molar refractivity (Wildman–Crippen MR) is 157 cm³/mol. The number of carbonyl (C=O) groups excluding carboxylic acids is 1. The predicted octanol–water partition coefficient (Wildman–Crippen LogP) is 10.5. The molecule has 37 heavy (non-hydrogen) atoms. The molecule has 2 unspecified atom stereocenters. The highest BCUT2D eigenvalue weighted by Gasteiger charge is 2.12. The number of esters is 1. The van der Waals surface area contributed by atoms with Gasteiger partial charge in [-0.1, -0.05) is 128 Å². The van der Waals surface area contributed by atoms with Crippen molar-refractivity contribution in [1.82, 2.24) is 0 Å².